The molecule has 206 valence electrons. The number of hydrogen-bond donors (Lipinski definition) is 1. The fraction of sp³-hybridized carbons (Fsp3) is 0.294. The average molecular weight is 536 g/mol. The molecule has 1 aromatic heterocycles. The predicted molar refractivity (Wildman–Crippen MR) is 157 cm³/mol. The van der Waals surface area contributed by atoms with Gasteiger partial charge >= 0.3 is 5.97 Å². The summed E-state index contributed by atoms with van der Waals surface area (Å²) in [5, 5.41) is 15.7. The lowest BCUT2D eigenvalue weighted by Gasteiger charge is -2.48. The molecule has 1 saturated heterocycles. The number of aromatic nitrogens is 2. The van der Waals surface area contributed by atoms with Crippen molar-refractivity contribution in [2.24, 2.45) is 0 Å². The highest BCUT2D eigenvalue weighted by molar-refractivity contribution is 5.69. The van der Waals surface area contributed by atoms with Gasteiger partial charge in [0, 0.05) is 19.3 Å². The van der Waals surface area contributed by atoms with Crippen LogP contribution < -0.4 is 0 Å². The maximum absolute atomic E-state index is 12.3. The van der Waals surface area contributed by atoms with Crippen LogP contribution in [-0.2, 0) is 21.6 Å². The molecular formula is C34H37N3O3. The van der Waals surface area contributed by atoms with Crippen molar-refractivity contribution in [1.29, 1.82) is 0 Å². The lowest BCUT2D eigenvalue weighted by Crippen LogP contribution is -2.52. The van der Waals surface area contributed by atoms with Crippen LogP contribution >= 0.6 is 0 Å². The van der Waals surface area contributed by atoms with Crippen molar-refractivity contribution in [3.63, 3.8) is 0 Å². The number of ether oxygens (including phenoxy) is 1. The van der Waals surface area contributed by atoms with Gasteiger partial charge in [-0.2, -0.15) is 5.10 Å². The van der Waals surface area contributed by atoms with Crippen LogP contribution in [0.4, 0.5) is 0 Å². The van der Waals surface area contributed by atoms with Crippen molar-refractivity contribution in [1.82, 2.24) is 14.7 Å². The molecule has 0 saturated carbocycles. The Balaban J connectivity index is 1.52. The highest BCUT2D eigenvalue weighted by Crippen LogP contribution is 2.44. The minimum atomic E-state index is -0.577. The van der Waals surface area contributed by atoms with Gasteiger partial charge in [-0.05, 0) is 61.6 Å². The van der Waals surface area contributed by atoms with Gasteiger partial charge in [-0.3, -0.25) is 14.4 Å². The molecule has 40 heavy (non-hydrogen) atoms. The Bertz CT molecular complexity index is 1340. The fourth-order valence-corrected chi connectivity index (χ4v) is 5.62. The van der Waals surface area contributed by atoms with Gasteiger partial charge in [-0.25, -0.2) is 0 Å². The SMILES string of the molecule is CC(C)(C)OC(=O)Cn1ccc(C=C2CN(C(c3ccccc3)(c3ccccc3)c3ccccc3)CCC2O)n1. The van der Waals surface area contributed by atoms with Crippen molar-refractivity contribution in [3.8, 4) is 0 Å². The van der Waals surface area contributed by atoms with Gasteiger partial charge in [0.2, 0.25) is 0 Å². The van der Waals surface area contributed by atoms with E-state index in [4.69, 9.17) is 4.74 Å². The van der Waals surface area contributed by atoms with Crippen molar-refractivity contribution in [3.05, 3.63) is 131 Å². The van der Waals surface area contributed by atoms with E-state index in [9.17, 15) is 9.90 Å². The van der Waals surface area contributed by atoms with Gasteiger partial charge in [-0.1, -0.05) is 91.0 Å². The van der Waals surface area contributed by atoms with E-state index in [1.54, 1.807) is 10.9 Å². The Labute approximate surface area is 236 Å². The van der Waals surface area contributed by atoms with Gasteiger partial charge in [0.1, 0.15) is 12.1 Å². The lowest BCUT2D eigenvalue weighted by molar-refractivity contribution is -0.155. The molecule has 6 nitrogen and oxygen atoms in total. The Kier molecular flexibility index (Phi) is 8.01. The van der Waals surface area contributed by atoms with Crippen molar-refractivity contribution in [2.45, 2.75) is 51.0 Å². The number of piperidine rings is 1. The van der Waals surface area contributed by atoms with E-state index in [2.05, 4.69) is 82.8 Å². The Morgan fingerprint density at radius 1 is 0.900 bits per heavy atom. The van der Waals surface area contributed by atoms with E-state index in [0.29, 0.717) is 25.2 Å². The molecule has 0 aliphatic carbocycles. The molecule has 0 amide bonds. The summed E-state index contributed by atoms with van der Waals surface area (Å²) in [6.45, 7) is 6.85. The van der Waals surface area contributed by atoms with Gasteiger partial charge < -0.3 is 9.84 Å². The summed E-state index contributed by atoms with van der Waals surface area (Å²) in [7, 11) is 0. The summed E-state index contributed by atoms with van der Waals surface area (Å²) in [6.07, 6.45) is 3.74. The third-order valence-corrected chi connectivity index (χ3v) is 7.23. The zero-order chi connectivity index (χ0) is 28.2. The van der Waals surface area contributed by atoms with Crippen molar-refractivity contribution < 1.29 is 14.6 Å². The highest BCUT2D eigenvalue weighted by atomic mass is 16.6. The number of carbonyl (C=O) groups excluding carboxylic acids is 1. The van der Waals surface area contributed by atoms with E-state index >= 15 is 0 Å². The zero-order valence-corrected chi connectivity index (χ0v) is 23.4. The summed E-state index contributed by atoms with van der Waals surface area (Å²) in [6, 6.07) is 33.6. The second-order valence-electron chi connectivity index (χ2n) is 11.3. The van der Waals surface area contributed by atoms with Crippen LogP contribution in [0.15, 0.2) is 109 Å². The molecule has 4 aromatic rings. The van der Waals surface area contributed by atoms with Gasteiger partial charge in [0.25, 0.3) is 0 Å². The molecule has 0 bridgehead atoms. The first kappa shape index (κ1) is 27.6. The topological polar surface area (TPSA) is 67.6 Å². The molecule has 1 aliphatic heterocycles. The first-order chi connectivity index (χ1) is 19.3. The zero-order valence-electron chi connectivity index (χ0n) is 23.4. The van der Waals surface area contributed by atoms with E-state index in [0.717, 1.165) is 5.57 Å². The normalized spacial score (nSPS) is 17.6. The van der Waals surface area contributed by atoms with E-state index in [1.165, 1.54) is 16.7 Å². The molecule has 5 rings (SSSR count). The second-order valence-corrected chi connectivity index (χ2v) is 11.3. The minimum absolute atomic E-state index is 0.0360. The fourth-order valence-electron chi connectivity index (χ4n) is 5.62. The molecule has 1 aliphatic rings. The molecule has 2 heterocycles. The average Bonchev–Trinajstić information content (AvgIpc) is 3.38. The largest absolute Gasteiger partial charge is 0.459 e. The first-order valence-electron chi connectivity index (χ1n) is 13.8. The van der Waals surface area contributed by atoms with Crippen LogP contribution in [0.2, 0.25) is 0 Å². The lowest BCUT2D eigenvalue weighted by atomic mass is 9.74. The standard InChI is InChI=1S/C34H37N3O3/c1-33(2,3)40-32(39)25-37-22-19-30(35-37)23-26-24-36(21-20-31(26)38)34(27-13-7-4-8-14-27,28-15-9-5-10-16-28)29-17-11-6-12-18-29/h4-19,22-23,31,38H,20-21,24-25H2,1-3H3. The van der Waals surface area contributed by atoms with E-state index in [-0.39, 0.29) is 12.5 Å². The Hall–Kier alpha value is -4.00. The molecule has 0 spiro atoms. The first-order valence-corrected chi connectivity index (χ1v) is 13.8. The number of benzene rings is 3. The number of aliphatic hydroxyl groups is 1. The van der Waals surface area contributed by atoms with Gasteiger partial charge in [-0.15, -0.1) is 0 Å². The number of esters is 1. The maximum atomic E-state index is 12.3. The number of carbonyl (C=O) groups is 1. The van der Waals surface area contributed by atoms with Crippen LogP contribution in [0.3, 0.4) is 0 Å². The Morgan fingerprint density at radius 3 is 1.93 bits per heavy atom. The van der Waals surface area contributed by atoms with Crippen LogP contribution in [0.5, 0.6) is 0 Å². The summed E-state index contributed by atoms with van der Waals surface area (Å²) in [5.74, 6) is -0.336. The Morgan fingerprint density at radius 2 is 1.43 bits per heavy atom. The maximum Gasteiger partial charge on any atom is 0.328 e. The summed E-state index contributed by atoms with van der Waals surface area (Å²) in [5.41, 5.74) is 4.00. The van der Waals surface area contributed by atoms with Crippen molar-refractivity contribution >= 4 is 12.0 Å². The monoisotopic (exact) mass is 535 g/mol. The van der Waals surface area contributed by atoms with Crippen LogP contribution in [0, 0.1) is 0 Å². The van der Waals surface area contributed by atoms with Crippen LogP contribution in [0.25, 0.3) is 6.08 Å². The van der Waals surface area contributed by atoms with E-state index in [1.807, 2.05) is 51.1 Å². The quantitative estimate of drug-likeness (QED) is 0.244. The predicted octanol–water partition coefficient (Wildman–Crippen LogP) is 5.67. The van der Waals surface area contributed by atoms with Crippen LogP contribution in [0.1, 0.15) is 49.6 Å². The molecule has 1 unspecified atom stereocenters. The summed E-state index contributed by atoms with van der Waals surface area (Å²) < 4.78 is 7.01. The number of nitrogens with zero attached hydrogens (tertiary/aromatic N) is 3. The van der Waals surface area contributed by atoms with Gasteiger partial charge in [0.15, 0.2) is 0 Å². The molecule has 1 fully saturated rings. The van der Waals surface area contributed by atoms with Crippen molar-refractivity contribution in [2.75, 3.05) is 13.1 Å². The smallest absolute Gasteiger partial charge is 0.328 e. The second kappa shape index (κ2) is 11.6. The third-order valence-electron chi connectivity index (χ3n) is 7.23. The number of hydrogen-bond acceptors (Lipinski definition) is 5. The molecule has 3 aromatic carbocycles. The number of likely N-dealkylation sites (tertiary alicyclic amines) is 1. The molecule has 1 N–H and O–H groups in total. The number of rotatable bonds is 7. The van der Waals surface area contributed by atoms with E-state index < -0.39 is 17.2 Å². The summed E-state index contributed by atoms with van der Waals surface area (Å²) >= 11 is 0. The minimum Gasteiger partial charge on any atom is -0.459 e. The highest BCUT2D eigenvalue weighted by Gasteiger charge is 2.44. The number of aliphatic hydroxyl groups excluding tert-OH is 1. The van der Waals surface area contributed by atoms with Gasteiger partial charge in [0.05, 0.1) is 17.3 Å². The molecule has 1 atom stereocenters. The molecule has 6 heteroatoms. The third kappa shape index (κ3) is 5.93. The molecular weight excluding hydrogens is 498 g/mol. The summed E-state index contributed by atoms with van der Waals surface area (Å²) in [4.78, 5) is 14.8. The molecule has 0 radical (unpaired) electrons. The van der Waals surface area contributed by atoms with Crippen LogP contribution in [-0.4, -0.2) is 50.6 Å².